The largest absolute Gasteiger partial charge is 0.493 e. The van der Waals surface area contributed by atoms with Gasteiger partial charge in [-0.2, -0.15) is 4.80 Å². The first-order chi connectivity index (χ1) is 21.9. The highest BCUT2D eigenvalue weighted by molar-refractivity contribution is 5.89. The number of tetrazole rings is 1. The van der Waals surface area contributed by atoms with Gasteiger partial charge in [0.1, 0.15) is 24.2 Å². The number of amides is 2. The minimum Gasteiger partial charge on any atom is -0.493 e. The Morgan fingerprint density at radius 1 is 0.978 bits per heavy atom. The molecule has 0 aliphatic heterocycles. The molecule has 4 aromatic rings. The number of carbonyl (C=O) groups is 2. The number of nitrogens with zero attached hydrogens (tertiary/aromatic N) is 5. The number of methoxy groups -OCH3 is 2. The third kappa shape index (κ3) is 7.81. The average molecular weight is 619 g/mol. The van der Waals surface area contributed by atoms with Crippen LogP contribution in [0.25, 0.3) is 11.4 Å². The molecule has 1 heterocycles. The summed E-state index contributed by atoms with van der Waals surface area (Å²) < 4.78 is 39.2. The molecule has 1 fully saturated rings. The van der Waals surface area contributed by atoms with Crippen molar-refractivity contribution in [3.63, 3.8) is 0 Å². The van der Waals surface area contributed by atoms with Crippen molar-refractivity contribution >= 4 is 11.8 Å². The van der Waals surface area contributed by atoms with E-state index in [0.717, 1.165) is 42.5 Å². The van der Waals surface area contributed by atoms with E-state index in [-0.39, 0.29) is 36.4 Å². The van der Waals surface area contributed by atoms with Crippen molar-refractivity contribution in [3.05, 3.63) is 89.5 Å². The fourth-order valence-corrected chi connectivity index (χ4v) is 5.60. The van der Waals surface area contributed by atoms with Crippen LogP contribution in [0.3, 0.4) is 0 Å². The van der Waals surface area contributed by atoms with Gasteiger partial charge in [0.25, 0.3) is 0 Å². The highest BCUT2D eigenvalue weighted by Crippen LogP contribution is 2.29. The lowest BCUT2D eigenvalue weighted by atomic mass is 9.94. The normalized spacial score (nSPS) is 14.0. The first-order valence-corrected chi connectivity index (χ1v) is 14.9. The number of aromatic nitrogens is 4. The molecule has 0 radical (unpaired) electrons. The summed E-state index contributed by atoms with van der Waals surface area (Å²) in [6.07, 6.45) is 5.20. The van der Waals surface area contributed by atoms with Gasteiger partial charge in [-0.3, -0.25) is 9.59 Å². The van der Waals surface area contributed by atoms with E-state index in [9.17, 15) is 18.4 Å². The predicted octanol–water partition coefficient (Wildman–Crippen LogP) is 4.90. The summed E-state index contributed by atoms with van der Waals surface area (Å²) in [5.41, 5.74) is 1.46. The molecule has 236 valence electrons. The second-order valence-corrected chi connectivity index (χ2v) is 10.9. The molecule has 0 spiro atoms. The SMILES string of the molecule is COc1ccc(CCN(C(=O)Cn2nnc(-c3ccccc3F)n2)C(C(=O)NC2CCCCC2)c2ccc(F)cc2)cc1OC. The second kappa shape index (κ2) is 14.7. The summed E-state index contributed by atoms with van der Waals surface area (Å²) in [5, 5.41) is 15.3. The van der Waals surface area contributed by atoms with E-state index < -0.39 is 23.6 Å². The summed E-state index contributed by atoms with van der Waals surface area (Å²) in [6, 6.07) is 16.0. The lowest BCUT2D eigenvalue weighted by molar-refractivity contribution is -0.142. The number of nitrogens with one attached hydrogen (secondary N) is 1. The Kier molecular flexibility index (Phi) is 10.3. The molecule has 2 amide bonds. The fraction of sp³-hybridized carbons (Fsp3) is 0.364. The van der Waals surface area contributed by atoms with Gasteiger partial charge in [-0.05, 0) is 72.0 Å². The van der Waals surface area contributed by atoms with Gasteiger partial charge >= 0.3 is 0 Å². The van der Waals surface area contributed by atoms with Gasteiger partial charge in [-0.25, -0.2) is 8.78 Å². The number of halogens is 2. The van der Waals surface area contributed by atoms with Crippen molar-refractivity contribution < 1.29 is 27.8 Å². The van der Waals surface area contributed by atoms with Crippen molar-refractivity contribution in [2.24, 2.45) is 0 Å². The first kappa shape index (κ1) is 31.6. The van der Waals surface area contributed by atoms with Crippen molar-refractivity contribution in [3.8, 4) is 22.9 Å². The third-order valence-corrected chi connectivity index (χ3v) is 7.95. The molecular formula is C33H36F2N6O4. The van der Waals surface area contributed by atoms with E-state index in [2.05, 4.69) is 20.7 Å². The van der Waals surface area contributed by atoms with Gasteiger partial charge < -0.3 is 19.7 Å². The van der Waals surface area contributed by atoms with Gasteiger partial charge in [0.05, 0.1) is 19.8 Å². The summed E-state index contributed by atoms with van der Waals surface area (Å²) in [4.78, 5) is 30.6. The third-order valence-electron chi connectivity index (χ3n) is 7.95. The van der Waals surface area contributed by atoms with E-state index in [1.165, 1.54) is 48.4 Å². The number of hydrogen-bond donors (Lipinski definition) is 1. The summed E-state index contributed by atoms with van der Waals surface area (Å²) >= 11 is 0. The lowest BCUT2D eigenvalue weighted by Crippen LogP contribution is -2.48. The highest BCUT2D eigenvalue weighted by atomic mass is 19.1. The maximum atomic E-state index is 14.4. The monoisotopic (exact) mass is 618 g/mol. The predicted molar refractivity (Wildman–Crippen MR) is 162 cm³/mol. The van der Waals surface area contributed by atoms with Crippen LogP contribution in [0.15, 0.2) is 66.7 Å². The molecule has 0 saturated heterocycles. The molecule has 1 unspecified atom stereocenters. The zero-order chi connectivity index (χ0) is 31.8. The van der Waals surface area contributed by atoms with Crippen molar-refractivity contribution in [2.45, 2.75) is 57.2 Å². The Morgan fingerprint density at radius 2 is 1.71 bits per heavy atom. The average Bonchev–Trinajstić information content (AvgIpc) is 3.52. The standard InChI is InChI=1S/C33H36F2N6O4/c1-44-28-17-12-22(20-29(28)45-2)18-19-40(30(42)21-41-38-32(37-39-41)26-10-6-7-11-27(26)35)31(23-13-15-24(34)16-14-23)33(43)36-25-8-4-3-5-9-25/h6-7,10-17,20,25,31H,3-5,8-9,18-19,21H2,1-2H3,(H,36,43). The molecule has 5 rings (SSSR count). The van der Waals surface area contributed by atoms with Crippen LogP contribution >= 0.6 is 0 Å². The van der Waals surface area contributed by atoms with E-state index in [4.69, 9.17) is 9.47 Å². The van der Waals surface area contributed by atoms with Crippen molar-refractivity contribution in [1.82, 2.24) is 30.4 Å². The Bertz CT molecular complexity index is 1610. The Hall–Kier alpha value is -4.87. The Morgan fingerprint density at radius 3 is 2.42 bits per heavy atom. The van der Waals surface area contributed by atoms with Crippen LogP contribution in [-0.2, 0) is 22.6 Å². The second-order valence-electron chi connectivity index (χ2n) is 10.9. The fourth-order valence-electron chi connectivity index (χ4n) is 5.60. The molecule has 1 aliphatic rings. The number of benzene rings is 3. The summed E-state index contributed by atoms with van der Waals surface area (Å²) in [5.74, 6) is -0.674. The number of rotatable bonds is 12. The van der Waals surface area contributed by atoms with E-state index in [1.807, 2.05) is 12.1 Å². The molecular weight excluding hydrogens is 582 g/mol. The van der Waals surface area contributed by atoms with Crippen LogP contribution in [0.2, 0.25) is 0 Å². The summed E-state index contributed by atoms with van der Waals surface area (Å²) in [7, 11) is 3.09. The van der Waals surface area contributed by atoms with Crippen LogP contribution in [-0.4, -0.2) is 63.7 Å². The molecule has 12 heteroatoms. The van der Waals surface area contributed by atoms with Crippen LogP contribution in [0, 0.1) is 11.6 Å². The molecule has 1 N–H and O–H groups in total. The van der Waals surface area contributed by atoms with Crippen LogP contribution < -0.4 is 14.8 Å². The molecule has 45 heavy (non-hydrogen) atoms. The maximum absolute atomic E-state index is 14.4. The van der Waals surface area contributed by atoms with Gasteiger partial charge in [0.15, 0.2) is 11.5 Å². The molecule has 1 atom stereocenters. The van der Waals surface area contributed by atoms with Crippen LogP contribution in [0.4, 0.5) is 8.78 Å². The quantitative estimate of drug-likeness (QED) is 0.241. The number of hydrogen-bond acceptors (Lipinski definition) is 7. The lowest BCUT2D eigenvalue weighted by Gasteiger charge is -2.33. The van der Waals surface area contributed by atoms with Gasteiger partial charge in [-0.1, -0.05) is 49.6 Å². The number of ether oxygens (including phenoxy) is 2. The van der Waals surface area contributed by atoms with Gasteiger partial charge in [-0.15, -0.1) is 10.2 Å². The van der Waals surface area contributed by atoms with Crippen LogP contribution in [0.5, 0.6) is 11.5 Å². The Balaban J connectivity index is 1.46. The van der Waals surface area contributed by atoms with E-state index >= 15 is 0 Å². The van der Waals surface area contributed by atoms with Crippen molar-refractivity contribution in [2.75, 3.05) is 20.8 Å². The summed E-state index contributed by atoms with van der Waals surface area (Å²) in [6.45, 7) is -0.231. The molecule has 0 bridgehead atoms. The zero-order valence-corrected chi connectivity index (χ0v) is 25.3. The molecule has 1 aromatic heterocycles. The minimum absolute atomic E-state index is 0.0164. The van der Waals surface area contributed by atoms with Crippen LogP contribution in [0.1, 0.15) is 49.3 Å². The highest BCUT2D eigenvalue weighted by Gasteiger charge is 2.33. The van der Waals surface area contributed by atoms with Crippen molar-refractivity contribution in [1.29, 1.82) is 0 Å². The topological polar surface area (TPSA) is 111 Å². The Labute approximate surface area is 260 Å². The van der Waals surface area contributed by atoms with E-state index in [1.54, 1.807) is 25.3 Å². The van der Waals surface area contributed by atoms with E-state index in [0.29, 0.717) is 23.5 Å². The molecule has 10 nitrogen and oxygen atoms in total. The van der Waals surface area contributed by atoms with Gasteiger partial charge in [0.2, 0.25) is 17.6 Å². The van der Waals surface area contributed by atoms with Gasteiger partial charge in [0, 0.05) is 12.6 Å². The smallest absolute Gasteiger partial charge is 0.247 e. The first-order valence-electron chi connectivity index (χ1n) is 14.9. The zero-order valence-electron chi connectivity index (χ0n) is 25.3. The maximum Gasteiger partial charge on any atom is 0.247 e. The number of carbonyl (C=O) groups excluding carboxylic acids is 2. The molecule has 1 aliphatic carbocycles. The minimum atomic E-state index is -1.06. The molecule has 1 saturated carbocycles. The molecule has 3 aromatic carbocycles.